The molecule has 0 fully saturated rings. The summed E-state index contributed by atoms with van der Waals surface area (Å²) >= 11 is 1.54. The number of amides is 1. The molecule has 0 radical (unpaired) electrons. The largest absolute Gasteiger partial charge is 0.508 e. The third kappa shape index (κ3) is 3.91. The summed E-state index contributed by atoms with van der Waals surface area (Å²) in [6.07, 6.45) is 0. The normalized spacial score (nSPS) is 10.8. The topological polar surface area (TPSA) is 75.4 Å². The molecular weight excluding hydrogens is 420 g/mol. The molecule has 6 heteroatoms. The molecule has 0 bridgehead atoms. The zero-order valence-electron chi connectivity index (χ0n) is 16.9. The Labute approximate surface area is 188 Å². The van der Waals surface area contributed by atoms with Crippen molar-refractivity contribution in [1.82, 2.24) is 4.98 Å². The maximum atomic E-state index is 12.8. The lowest BCUT2D eigenvalue weighted by Crippen LogP contribution is -2.11. The van der Waals surface area contributed by atoms with E-state index in [1.165, 1.54) is 0 Å². The third-order valence-corrected chi connectivity index (χ3v) is 5.68. The number of carbonyl (C=O) groups excluding carboxylic acids is 1. The maximum Gasteiger partial charge on any atom is 0.258 e. The summed E-state index contributed by atoms with van der Waals surface area (Å²) in [5.74, 6) is 0.581. The summed E-state index contributed by atoms with van der Waals surface area (Å²) in [6, 6.07) is 25.6. The summed E-state index contributed by atoms with van der Waals surface area (Å²) in [4.78, 5) is 17.5. The molecule has 0 saturated heterocycles. The Balaban J connectivity index is 1.60. The standard InChI is InChI=1S/C26H18N2O3S/c29-20-10-6-9-18(15-20)21-11-4-5-12-22(21)25-27-23(19-13-14-32-16-19)26(31-25)28-24(30)17-7-2-1-3-8-17/h1-16,29H,(H,28,30). The minimum absolute atomic E-state index is 0.180. The van der Waals surface area contributed by atoms with Crippen LogP contribution in [0.1, 0.15) is 10.4 Å². The number of nitrogens with one attached hydrogen (secondary N) is 1. The number of benzene rings is 3. The lowest BCUT2D eigenvalue weighted by Gasteiger charge is -2.07. The average molecular weight is 439 g/mol. The zero-order valence-corrected chi connectivity index (χ0v) is 17.7. The lowest BCUT2D eigenvalue weighted by molar-refractivity contribution is 0.102. The van der Waals surface area contributed by atoms with Crippen molar-refractivity contribution < 1.29 is 14.3 Å². The molecule has 0 aliphatic heterocycles. The Hall–Kier alpha value is -4.16. The lowest BCUT2D eigenvalue weighted by atomic mass is 9.99. The van der Waals surface area contributed by atoms with Gasteiger partial charge in [-0.15, -0.1) is 0 Å². The molecule has 0 saturated carbocycles. The first-order valence-electron chi connectivity index (χ1n) is 9.97. The van der Waals surface area contributed by atoms with Crippen LogP contribution in [0, 0.1) is 0 Å². The molecule has 0 spiro atoms. The molecule has 2 heterocycles. The van der Waals surface area contributed by atoms with Crippen LogP contribution in [0.2, 0.25) is 0 Å². The number of nitrogens with zero attached hydrogens (tertiary/aromatic N) is 1. The van der Waals surface area contributed by atoms with E-state index < -0.39 is 0 Å². The second kappa shape index (κ2) is 8.53. The number of phenolic OH excluding ortho intramolecular Hbond substituents is 1. The molecule has 32 heavy (non-hydrogen) atoms. The van der Waals surface area contributed by atoms with E-state index in [0.717, 1.165) is 22.3 Å². The minimum Gasteiger partial charge on any atom is -0.508 e. The van der Waals surface area contributed by atoms with E-state index in [0.29, 0.717) is 17.1 Å². The molecule has 0 aliphatic carbocycles. The van der Waals surface area contributed by atoms with Crippen molar-refractivity contribution in [3.05, 3.63) is 101 Å². The first-order chi connectivity index (χ1) is 15.7. The Morgan fingerprint density at radius 3 is 2.41 bits per heavy atom. The van der Waals surface area contributed by atoms with Crippen molar-refractivity contribution in [2.75, 3.05) is 5.32 Å². The van der Waals surface area contributed by atoms with Crippen LogP contribution in [-0.4, -0.2) is 16.0 Å². The van der Waals surface area contributed by atoms with Gasteiger partial charge in [-0.2, -0.15) is 11.3 Å². The fourth-order valence-corrected chi connectivity index (χ4v) is 4.12. The number of hydrogen-bond donors (Lipinski definition) is 2. The second-order valence-electron chi connectivity index (χ2n) is 7.12. The van der Waals surface area contributed by atoms with Gasteiger partial charge in [-0.25, -0.2) is 4.98 Å². The third-order valence-electron chi connectivity index (χ3n) is 5.00. The van der Waals surface area contributed by atoms with Crippen LogP contribution < -0.4 is 5.32 Å². The van der Waals surface area contributed by atoms with Gasteiger partial charge in [0.25, 0.3) is 5.91 Å². The molecule has 5 rings (SSSR count). The molecule has 0 atom stereocenters. The van der Waals surface area contributed by atoms with Gasteiger partial charge in [-0.3, -0.25) is 10.1 Å². The molecule has 3 aromatic carbocycles. The molecular formula is C26H18N2O3S. The SMILES string of the molecule is O=C(Nc1oc(-c2ccccc2-c2cccc(O)c2)nc1-c1ccsc1)c1ccccc1. The van der Waals surface area contributed by atoms with Crippen molar-refractivity contribution in [2.24, 2.45) is 0 Å². The van der Waals surface area contributed by atoms with Crippen LogP contribution in [0.3, 0.4) is 0 Å². The number of phenols is 1. The summed E-state index contributed by atoms with van der Waals surface area (Å²) in [5, 5.41) is 16.7. The van der Waals surface area contributed by atoms with E-state index >= 15 is 0 Å². The van der Waals surface area contributed by atoms with Gasteiger partial charge in [0.2, 0.25) is 11.8 Å². The fraction of sp³-hybridized carbons (Fsp3) is 0. The highest BCUT2D eigenvalue weighted by molar-refractivity contribution is 7.08. The van der Waals surface area contributed by atoms with Crippen LogP contribution >= 0.6 is 11.3 Å². The van der Waals surface area contributed by atoms with Gasteiger partial charge in [0.1, 0.15) is 11.4 Å². The van der Waals surface area contributed by atoms with E-state index in [1.807, 2.05) is 65.4 Å². The average Bonchev–Trinajstić information content (AvgIpc) is 3.50. The van der Waals surface area contributed by atoms with Gasteiger partial charge in [-0.1, -0.05) is 48.5 Å². The van der Waals surface area contributed by atoms with E-state index in [9.17, 15) is 9.90 Å². The number of hydrogen-bond acceptors (Lipinski definition) is 5. The predicted molar refractivity (Wildman–Crippen MR) is 127 cm³/mol. The van der Waals surface area contributed by atoms with Crippen LogP contribution in [-0.2, 0) is 0 Å². The Kier molecular flexibility index (Phi) is 5.27. The molecule has 1 amide bonds. The van der Waals surface area contributed by atoms with Crippen LogP contribution in [0.5, 0.6) is 5.75 Å². The van der Waals surface area contributed by atoms with Crippen LogP contribution in [0.15, 0.2) is 100 Å². The summed E-state index contributed by atoms with van der Waals surface area (Å²) in [5.41, 5.74) is 4.42. The first kappa shape index (κ1) is 19.8. The summed E-state index contributed by atoms with van der Waals surface area (Å²) < 4.78 is 6.11. The Morgan fingerprint density at radius 2 is 1.66 bits per heavy atom. The first-order valence-corrected chi connectivity index (χ1v) is 10.9. The number of aromatic nitrogens is 1. The molecule has 5 nitrogen and oxygen atoms in total. The number of oxazole rings is 1. The van der Waals surface area contributed by atoms with Gasteiger partial charge in [0.05, 0.1) is 0 Å². The molecule has 2 N–H and O–H groups in total. The second-order valence-corrected chi connectivity index (χ2v) is 7.90. The Morgan fingerprint density at radius 1 is 0.875 bits per heavy atom. The van der Waals surface area contributed by atoms with Crippen molar-refractivity contribution in [1.29, 1.82) is 0 Å². The highest BCUT2D eigenvalue weighted by Crippen LogP contribution is 2.38. The predicted octanol–water partition coefficient (Wildman–Crippen LogP) is 6.70. The number of rotatable bonds is 5. The van der Waals surface area contributed by atoms with Gasteiger partial charge in [0, 0.05) is 22.1 Å². The smallest absolute Gasteiger partial charge is 0.258 e. The zero-order chi connectivity index (χ0) is 21.9. The van der Waals surface area contributed by atoms with E-state index in [1.54, 1.807) is 41.7 Å². The van der Waals surface area contributed by atoms with E-state index in [4.69, 9.17) is 9.40 Å². The summed E-state index contributed by atoms with van der Waals surface area (Å²) in [6.45, 7) is 0. The minimum atomic E-state index is -0.272. The highest BCUT2D eigenvalue weighted by atomic mass is 32.1. The maximum absolute atomic E-state index is 12.8. The van der Waals surface area contributed by atoms with Gasteiger partial charge in [0.15, 0.2) is 0 Å². The molecule has 2 aromatic heterocycles. The number of thiophene rings is 1. The van der Waals surface area contributed by atoms with Crippen LogP contribution in [0.25, 0.3) is 33.8 Å². The highest BCUT2D eigenvalue weighted by Gasteiger charge is 2.21. The van der Waals surface area contributed by atoms with Crippen molar-refractivity contribution >= 4 is 23.1 Å². The Bertz CT molecular complexity index is 1380. The molecule has 0 unspecified atom stereocenters. The van der Waals surface area contributed by atoms with Crippen molar-refractivity contribution in [2.45, 2.75) is 0 Å². The summed E-state index contributed by atoms with van der Waals surface area (Å²) in [7, 11) is 0. The fourth-order valence-electron chi connectivity index (χ4n) is 3.47. The van der Waals surface area contributed by atoms with E-state index in [-0.39, 0.29) is 17.5 Å². The molecule has 5 aromatic rings. The van der Waals surface area contributed by atoms with Gasteiger partial charge in [-0.05, 0) is 52.9 Å². The van der Waals surface area contributed by atoms with Gasteiger partial charge >= 0.3 is 0 Å². The van der Waals surface area contributed by atoms with Gasteiger partial charge < -0.3 is 9.52 Å². The van der Waals surface area contributed by atoms with Crippen LogP contribution in [0.4, 0.5) is 5.88 Å². The quantitative estimate of drug-likeness (QED) is 0.320. The molecule has 156 valence electrons. The number of carbonyl (C=O) groups is 1. The monoisotopic (exact) mass is 438 g/mol. The number of anilines is 1. The number of aromatic hydroxyl groups is 1. The van der Waals surface area contributed by atoms with E-state index in [2.05, 4.69) is 5.32 Å². The molecule has 0 aliphatic rings. The van der Waals surface area contributed by atoms with Crippen molar-refractivity contribution in [3.8, 4) is 39.6 Å². The van der Waals surface area contributed by atoms with Crippen molar-refractivity contribution in [3.63, 3.8) is 0 Å².